The number of fused-ring (bicyclic) bond motifs is 1. The summed E-state index contributed by atoms with van der Waals surface area (Å²) in [5, 5.41) is 2.76. The number of nitrogens with one attached hydrogen (secondary N) is 1. The van der Waals surface area contributed by atoms with E-state index in [0.29, 0.717) is 16.4 Å². The Bertz CT molecular complexity index is 1230. The Morgan fingerprint density at radius 3 is 2.57 bits per heavy atom. The molecule has 1 aliphatic rings. The summed E-state index contributed by atoms with van der Waals surface area (Å²) in [6.07, 6.45) is 3.99. The molecule has 1 N–H and O–H groups in total. The predicted octanol–water partition coefficient (Wildman–Crippen LogP) is 4.08. The molecule has 3 aromatic rings. The highest BCUT2D eigenvalue weighted by Crippen LogP contribution is 2.45. The van der Waals surface area contributed by atoms with Gasteiger partial charge in [-0.05, 0) is 62.6 Å². The summed E-state index contributed by atoms with van der Waals surface area (Å²) in [6.45, 7) is 4.95. The van der Waals surface area contributed by atoms with Gasteiger partial charge in [0.2, 0.25) is 10.0 Å². The largest absolute Gasteiger partial charge is 0.317 e. The number of aryl methyl sites for hydroxylation is 1. The van der Waals surface area contributed by atoms with Crippen molar-refractivity contribution in [3.8, 4) is 11.3 Å². The van der Waals surface area contributed by atoms with Gasteiger partial charge in [-0.1, -0.05) is 6.07 Å². The minimum Gasteiger partial charge on any atom is -0.317 e. The molecule has 1 saturated carbocycles. The van der Waals surface area contributed by atoms with E-state index in [0.717, 1.165) is 35.0 Å². The molecule has 1 aliphatic carbocycles. The monoisotopic (exact) mass is 417 g/mol. The standard InChI is InChI=1S/C20H23N3O3S2/c1-20(2,3)28(25,26)22-16-8-7-13(12-5-6-12)17(21-16)15-11-23(4)19(24)18-14(15)9-10-27-18/h7-12H,5-6H2,1-4H3,(H,21,22). The smallest absolute Gasteiger partial charge is 0.268 e. The Morgan fingerprint density at radius 2 is 1.93 bits per heavy atom. The average molecular weight is 418 g/mol. The van der Waals surface area contributed by atoms with Crippen LogP contribution in [0, 0.1) is 0 Å². The lowest BCUT2D eigenvalue weighted by Crippen LogP contribution is -2.34. The van der Waals surface area contributed by atoms with E-state index in [2.05, 4.69) is 4.72 Å². The minimum absolute atomic E-state index is 0.0358. The molecule has 1 fully saturated rings. The van der Waals surface area contributed by atoms with E-state index >= 15 is 0 Å². The lowest BCUT2D eigenvalue weighted by Gasteiger charge is -2.21. The predicted molar refractivity (Wildman–Crippen MR) is 115 cm³/mol. The van der Waals surface area contributed by atoms with E-state index in [-0.39, 0.29) is 5.56 Å². The highest BCUT2D eigenvalue weighted by Gasteiger charge is 2.31. The van der Waals surface area contributed by atoms with Crippen LogP contribution in [0.25, 0.3) is 21.3 Å². The summed E-state index contributed by atoms with van der Waals surface area (Å²) < 4.78 is 29.1. The minimum atomic E-state index is -3.58. The van der Waals surface area contributed by atoms with Crippen LogP contribution in [0.3, 0.4) is 0 Å². The third-order valence-corrected chi connectivity index (χ3v) is 8.03. The molecular formula is C20H23N3O3S2. The molecule has 0 aliphatic heterocycles. The zero-order valence-electron chi connectivity index (χ0n) is 16.3. The lowest BCUT2D eigenvalue weighted by atomic mass is 10.0. The van der Waals surface area contributed by atoms with Crippen molar-refractivity contribution in [1.82, 2.24) is 9.55 Å². The van der Waals surface area contributed by atoms with Gasteiger partial charge in [0.25, 0.3) is 5.56 Å². The molecule has 0 spiro atoms. The number of pyridine rings is 2. The Morgan fingerprint density at radius 1 is 1.21 bits per heavy atom. The number of hydrogen-bond donors (Lipinski definition) is 1. The van der Waals surface area contributed by atoms with Crippen molar-refractivity contribution < 1.29 is 8.42 Å². The molecule has 0 bridgehead atoms. The highest BCUT2D eigenvalue weighted by atomic mass is 32.2. The Kier molecular flexibility index (Phi) is 4.39. The second-order valence-corrected chi connectivity index (χ2v) is 11.6. The van der Waals surface area contributed by atoms with E-state index in [9.17, 15) is 13.2 Å². The van der Waals surface area contributed by atoms with Crippen LogP contribution < -0.4 is 10.3 Å². The van der Waals surface area contributed by atoms with Crippen molar-refractivity contribution in [3.63, 3.8) is 0 Å². The van der Waals surface area contributed by atoms with Crippen molar-refractivity contribution >= 4 is 37.3 Å². The second kappa shape index (κ2) is 6.42. The molecule has 6 nitrogen and oxygen atoms in total. The first-order chi connectivity index (χ1) is 13.1. The quantitative estimate of drug-likeness (QED) is 0.694. The molecule has 0 unspecified atom stereocenters. The Labute approximate surface area is 168 Å². The summed E-state index contributed by atoms with van der Waals surface area (Å²) >= 11 is 1.41. The number of aromatic nitrogens is 2. The van der Waals surface area contributed by atoms with Crippen LogP contribution in [0.4, 0.5) is 5.82 Å². The molecule has 4 rings (SSSR count). The first-order valence-electron chi connectivity index (χ1n) is 9.19. The van der Waals surface area contributed by atoms with Crippen LogP contribution in [0.5, 0.6) is 0 Å². The van der Waals surface area contributed by atoms with Gasteiger partial charge < -0.3 is 4.57 Å². The van der Waals surface area contributed by atoms with Crippen molar-refractivity contribution in [2.45, 2.75) is 44.3 Å². The number of sulfonamides is 1. The highest BCUT2D eigenvalue weighted by molar-refractivity contribution is 7.94. The maximum Gasteiger partial charge on any atom is 0.268 e. The van der Waals surface area contributed by atoms with Crippen LogP contribution in [0.2, 0.25) is 0 Å². The molecule has 0 amide bonds. The third kappa shape index (κ3) is 3.24. The molecule has 0 radical (unpaired) electrons. The summed E-state index contributed by atoms with van der Waals surface area (Å²) in [5.41, 5.74) is 2.67. The van der Waals surface area contributed by atoms with E-state index in [1.54, 1.807) is 44.6 Å². The normalized spacial score (nSPS) is 15.1. The number of nitrogens with zero attached hydrogens (tertiary/aromatic N) is 2. The van der Waals surface area contributed by atoms with E-state index in [1.807, 2.05) is 17.5 Å². The second-order valence-electron chi connectivity index (χ2n) is 8.25. The van der Waals surface area contributed by atoms with Crippen molar-refractivity contribution in [1.29, 1.82) is 0 Å². The summed E-state index contributed by atoms with van der Waals surface area (Å²) in [5.74, 6) is 0.730. The molecular weight excluding hydrogens is 394 g/mol. The first kappa shape index (κ1) is 19.1. The molecule has 3 aromatic heterocycles. The molecule has 0 saturated heterocycles. The van der Waals surface area contributed by atoms with Gasteiger partial charge >= 0.3 is 0 Å². The SMILES string of the molecule is Cn1cc(-c2nc(NS(=O)(=O)C(C)(C)C)ccc2C2CC2)c2ccsc2c1=O. The van der Waals surface area contributed by atoms with Crippen molar-refractivity contribution in [2.75, 3.05) is 4.72 Å². The van der Waals surface area contributed by atoms with Crippen molar-refractivity contribution in [2.24, 2.45) is 7.05 Å². The van der Waals surface area contributed by atoms with Gasteiger partial charge in [-0.15, -0.1) is 11.3 Å². The maximum atomic E-state index is 12.6. The molecule has 3 heterocycles. The van der Waals surface area contributed by atoms with Gasteiger partial charge in [-0.25, -0.2) is 13.4 Å². The van der Waals surface area contributed by atoms with Crippen LogP contribution in [0.1, 0.15) is 45.1 Å². The summed E-state index contributed by atoms with van der Waals surface area (Å²) in [7, 11) is -1.85. The maximum absolute atomic E-state index is 12.6. The van der Waals surface area contributed by atoms with E-state index in [1.165, 1.54) is 11.3 Å². The fourth-order valence-electron chi connectivity index (χ4n) is 3.11. The first-order valence-corrected chi connectivity index (χ1v) is 11.6. The number of thiophene rings is 1. The molecule has 148 valence electrons. The van der Waals surface area contributed by atoms with Gasteiger partial charge in [0, 0.05) is 24.2 Å². The van der Waals surface area contributed by atoms with E-state index in [4.69, 9.17) is 4.98 Å². The van der Waals surface area contributed by atoms with Crippen LogP contribution >= 0.6 is 11.3 Å². The van der Waals surface area contributed by atoms with Crippen LogP contribution in [-0.2, 0) is 17.1 Å². The van der Waals surface area contributed by atoms with Gasteiger partial charge in [-0.3, -0.25) is 9.52 Å². The number of rotatable bonds is 4. The van der Waals surface area contributed by atoms with E-state index < -0.39 is 14.8 Å². The molecule has 28 heavy (non-hydrogen) atoms. The van der Waals surface area contributed by atoms with Crippen LogP contribution in [-0.4, -0.2) is 22.7 Å². The average Bonchev–Trinajstić information content (AvgIpc) is 3.33. The van der Waals surface area contributed by atoms with Gasteiger partial charge in [0.05, 0.1) is 10.4 Å². The molecule has 8 heteroatoms. The van der Waals surface area contributed by atoms with Gasteiger partial charge in [0.1, 0.15) is 10.5 Å². The van der Waals surface area contributed by atoms with Crippen LogP contribution in [0.15, 0.2) is 34.6 Å². The number of anilines is 1. The molecule has 0 aromatic carbocycles. The zero-order chi connectivity index (χ0) is 20.3. The number of hydrogen-bond acceptors (Lipinski definition) is 5. The van der Waals surface area contributed by atoms with Gasteiger partial charge in [0.15, 0.2) is 0 Å². The summed E-state index contributed by atoms with van der Waals surface area (Å²) in [4.78, 5) is 17.1. The Balaban J connectivity index is 1.91. The van der Waals surface area contributed by atoms with Crippen molar-refractivity contribution in [3.05, 3.63) is 45.7 Å². The topological polar surface area (TPSA) is 81.1 Å². The fraction of sp³-hybridized carbons (Fsp3) is 0.400. The molecule has 0 atom stereocenters. The Hall–Kier alpha value is -2.19. The van der Waals surface area contributed by atoms with Gasteiger partial charge in [-0.2, -0.15) is 0 Å². The third-order valence-electron chi connectivity index (χ3n) is 5.04. The fourth-order valence-corrected chi connectivity index (χ4v) is 4.70. The zero-order valence-corrected chi connectivity index (χ0v) is 17.9. The summed E-state index contributed by atoms with van der Waals surface area (Å²) in [6, 6.07) is 5.62. The lowest BCUT2D eigenvalue weighted by molar-refractivity contribution is 0.566.